The zero-order chi connectivity index (χ0) is 18.5. The Bertz CT molecular complexity index is 916. The summed E-state index contributed by atoms with van der Waals surface area (Å²) in [6.45, 7) is 6.45. The van der Waals surface area contributed by atoms with Gasteiger partial charge < -0.3 is 15.0 Å². The highest BCUT2D eigenvalue weighted by Gasteiger charge is 2.04. The van der Waals surface area contributed by atoms with Gasteiger partial charge in [-0.25, -0.2) is 4.98 Å². The molecular formula is C18H25BrIN7. The fourth-order valence-corrected chi connectivity index (χ4v) is 3.19. The maximum absolute atomic E-state index is 4.59. The van der Waals surface area contributed by atoms with Crippen molar-refractivity contribution in [1.29, 1.82) is 0 Å². The summed E-state index contributed by atoms with van der Waals surface area (Å²) < 4.78 is 5.08. The average Bonchev–Trinajstić information content (AvgIpc) is 3.15. The van der Waals surface area contributed by atoms with Gasteiger partial charge in [-0.1, -0.05) is 0 Å². The number of nitrogens with one attached hydrogen (secondary N) is 2. The Morgan fingerprint density at radius 2 is 2.04 bits per heavy atom. The lowest BCUT2D eigenvalue weighted by Crippen LogP contribution is -2.37. The van der Waals surface area contributed by atoms with Gasteiger partial charge in [0, 0.05) is 42.7 Å². The van der Waals surface area contributed by atoms with Crippen molar-refractivity contribution in [3.63, 3.8) is 0 Å². The number of hydrogen-bond acceptors (Lipinski definition) is 3. The van der Waals surface area contributed by atoms with Gasteiger partial charge in [-0.05, 0) is 54.4 Å². The Hall–Kier alpha value is -1.62. The standard InChI is InChI=1S/C18H24BrN7.HI/c1-13-9-14(2)26(24-13)8-4-7-21-18(20-3)22-10-16-12-25-11-15(19)5-6-17(25)23-16;/h5-6,9,11-12H,4,7-8,10H2,1-3H3,(H2,20,21,22);1H. The largest absolute Gasteiger partial charge is 0.356 e. The van der Waals surface area contributed by atoms with Gasteiger partial charge in [0.25, 0.3) is 0 Å². The number of hydrogen-bond donors (Lipinski definition) is 2. The molecule has 0 fully saturated rings. The molecule has 3 heterocycles. The van der Waals surface area contributed by atoms with Crippen molar-refractivity contribution in [2.24, 2.45) is 4.99 Å². The van der Waals surface area contributed by atoms with Crippen LogP contribution in [0.15, 0.2) is 40.1 Å². The van der Waals surface area contributed by atoms with Gasteiger partial charge in [-0.3, -0.25) is 9.67 Å². The van der Waals surface area contributed by atoms with Gasteiger partial charge in [0.2, 0.25) is 0 Å². The molecule has 0 unspecified atom stereocenters. The van der Waals surface area contributed by atoms with Crippen LogP contribution >= 0.6 is 39.9 Å². The van der Waals surface area contributed by atoms with Crippen LogP contribution in [0.3, 0.4) is 0 Å². The van der Waals surface area contributed by atoms with Gasteiger partial charge in [0.15, 0.2) is 5.96 Å². The Morgan fingerprint density at radius 3 is 2.74 bits per heavy atom. The normalized spacial score (nSPS) is 11.5. The second-order valence-electron chi connectivity index (χ2n) is 6.20. The molecule has 7 nitrogen and oxygen atoms in total. The van der Waals surface area contributed by atoms with Crippen LogP contribution in [0.4, 0.5) is 0 Å². The highest BCUT2D eigenvalue weighted by Crippen LogP contribution is 2.12. The van der Waals surface area contributed by atoms with Crippen LogP contribution in [-0.2, 0) is 13.1 Å². The van der Waals surface area contributed by atoms with E-state index in [4.69, 9.17) is 0 Å². The maximum Gasteiger partial charge on any atom is 0.191 e. The fourth-order valence-electron chi connectivity index (χ4n) is 2.83. The zero-order valence-electron chi connectivity index (χ0n) is 15.7. The second-order valence-corrected chi connectivity index (χ2v) is 7.12. The van der Waals surface area contributed by atoms with Crippen molar-refractivity contribution in [2.45, 2.75) is 33.4 Å². The van der Waals surface area contributed by atoms with Gasteiger partial charge >= 0.3 is 0 Å². The van der Waals surface area contributed by atoms with E-state index in [1.165, 1.54) is 5.69 Å². The Balaban J connectivity index is 0.00000261. The number of halogens is 2. The molecule has 0 aliphatic carbocycles. The summed E-state index contributed by atoms with van der Waals surface area (Å²) in [7, 11) is 1.77. The molecule has 0 bridgehead atoms. The van der Waals surface area contributed by atoms with E-state index in [0.29, 0.717) is 6.54 Å². The van der Waals surface area contributed by atoms with Crippen LogP contribution in [-0.4, -0.2) is 38.7 Å². The third-order valence-electron chi connectivity index (χ3n) is 4.07. The molecule has 0 saturated heterocycles. The molecule has 3 aromatic rings. The summed E-state index contributed by atoms with van der Waals surface area (Å²) in [6, 6.07) is 6.07. The lowest BCUT2D eigenvalue weighted by molar-refractivity contribution is 0.555. The number of rotatable bonds is 6. The predicted octanol–water partition coefficient (Wildman–Crippen LogP) is 3.28. The lowest BCUT2D eigenvalue weighted by Gasteiger charge is -2.11. The van der Waals surface area contributed by atoms with Crippen molar-refractivity contribution in [3.05, 3.63) is 52.1 Å². The van der Waals surface area contributed by atoms with Crippen molar-refractivity contribution in [2.75, 3.05) is 13.6 Å². The minimum Gasteiger partial charge on any atom is -0.356 e. The number of pyridine rings is 1. The Kier molecular flexibility index (Phi) is 8.08. The van der Waals surface area contributed by atoms with Crippen LogP contribution in [0.1, 0.15) is 23.5 Å². The van der Waals surface area contributed by atoms with Gasteiger partial charge in [-0.2, -0.15) is 5.10 Å². The number of fused-ring (bicyclic) bond motifs is 1. The maximum atomic E-state index is 4.59. The number of aryl methyl sites for hydroxylation is 3. The lowest BCUT2D eigenvalue weighted by atomic mass is 10.4. The second kappa shape index (κ2) is 10.1. The van der Waals surface area contributed by atoms with Crippen LogP contribution < -0.4 is 10.6 Å². The number of aliphatic imine (C=N–C) groups is 1. The smallest absolute Gasteiger partial charge is 0.191 e. The molecular weight excluding hydrogens is 521 g/mol. The van der Waals surface area contributed by atoms with Gasteiger partial charge in [0.1, 0.15) is 5.65 Å². The molecule has 0 amide bonds. The first kappa shape index (κ1) is 21.7. The summed E-state index contributed by atoms with van der Waals surface area (Å²) in [5.74, 6) is 0.775. The highest BCUT2D eigenvalue weighted by atomic mass is 127. The average molecular weight is 546 g/mol. The molecule has 0 aliphatic rings. The molecule has 0 saturated carbocycles. The van der Waals surface area contributed by atoms with Crippen molar-refractivity contribution in [3.8, 4) is 0 Å². The number of imidazole rings is 1. The molecule has 146 valence electrons. The van der Waals surface area contributed by atoms with E-state index in [9.17, 15) is 0 Å². The van der Waals surface area contributed by atoms with Crippen LogP contribution in [0, 0.1) is 13.8 Å². The third kappa shape index (κ3) is 5.93. The van der Waals surface area contributed by atoms with E-state index in [1.54, 1.807) is 7.05 Å². The van der Waals surface area contributed by atoms with Crippen molar-refractivity contribution >= 4 is 51.5 Å². The summed E-state index contributed by atoms with van der Waals surface area (Å²) in [4.78, 5) is 8.86. The summed E-state index contributed by atoms with van der Waals surface area (Å²) in [5, 5.41) is 11.1. The summed E-state index contributed by atoms with van der Waals surface area (Å²) in [6.07, 6.45) is 4.99. The molecule has 0 radical (unpaired) electrons. The molecule has 0 aromatic carbocycles. The Labute approximate surface area is 184 Å². The van der Waals surface area contributed by atoms with E-state index in [1.807, 2.05) is 40.5 Å². The molecule has 3 aromatic heterocycles. The minimum absolute atomic E-state index is 0. The molecule has 0 aliphatic heterocycles. The molecule has 27 heavy (non-hydrogen) atoms. The molecule has 2 N–H and O–H groups in total. The van der Waals surface area contributed by atoms with E-state index < -0.39 is 0 Å². The van der Waals surface area contributed by atoms with Gasteiger partial charge in [0.05, 0.1) is 17.9 Å². The van der Waals surface area contributed by atoms with Crippen LogP contribution in [0.5, 0.6) is 0 Å². The predicted molar refractivity (Wildman–Crippen MR) is 123 cm³/mol. The topological polar surface area (TPSA) is 71.5 Å². The van der Waals surface area contributed by atoms with Crippen LogP contribution in [0.2, 0.25) is 0 Å². The first-order valence-electron chi connectivity index (χ1n) is 8.64. The number of guanidine groups is 1. The summed E-state index contributed by atoms with van der Waals surface area (Å²) >= 11 is 3.47. The van der Waals surface area contributed by atoms with E-state index in [2.05, 4.69) is 54.6 Å². The third-order valence-corrected chi connectivity index (χ3v) is 4.54. The highest BCUT2D eigenvalue weighted by molar-refractivity contribution is 14.0. The SMILES string of the molecule is CN=C(NCCCn1nc(C)cc1C)NCc1cn2cc(Br)ccc2n1.I. The number of nitrogens with zero attached hydrogens (tertiary/aromatic N) is 5. The zero-order valence-corrected chi connectivity index (χ0v) is 19.7. The molecule has 9 heteroatoms. The summed E-state index contributed by atoms with van der Waals surface area (Å²) in [5.41, 5.74) is 4.16. The van der Waals surface area contributed by atoms with Crippen molar-refractivity contribution in [1.82, 2.24) is 29.8 Å². The van der Waals surface area contributed by atoms with Crippen LogP contribution in [0.25, 0.3) is 5.65 Å². The van der Waals surface area contributed by atoms with Crippen molar-refractivity contribution < 1.29 is 0 Å². The molecule has 0 spiro atoms. The first-order chi connectivity index (χ1) is 12.5. The number of aromatic nitrogens is 4. The molecule has 0 atom stereocenters. The molecule has 3 rings (SSSR count). The van der Waals surface area contributed by atoms with Gasteiger partial charge in [-0.15, -0.1) is 24.0 Å². The quantitative estimate of drug-likeness (QED) is 0.216. The van der Waals surface area contributed by atoms with E-state index >= 15 is 0 Å². The van der Waals surface area contributed by atoms with E-state index in [0.717, 1.165) is 47.0 Å². The monoisotopic (exact) mass is 545 g/mol. The fraction of sp³-hybridized carbons (Fsp3) is 0.389. The van der Waals surface area contributed by atoms with E-state index in [-0.39, 0.29) is 24.0 Å². The Morgan fingerprint density at radius 1 is 1.22 bits per heavy atom. The minimum atomic E-state index is 0. The first-order valence-corrected chi connectivity index (χ1v) is 9.43.